The van der Waals surface area contributed by atoms with Crippen molar-refractivity contribution in [3.63, 3.8) is 0 Å². The number of methoxy groups -OCH3 is 1. The number of pyridine rings is 1. The summed E-state index contributed by atoms with van der Waals surface area (Å²) in [6, 6.07) is 6.72. The lowest BCUT2D eigenvalue weighted by molar-refractivity contribution is 0.0926. The molecule has 14 nitrogen and oxygen atoms in total. The van der Waals surface area contributed by atoms with E-state index in [1.807, 2.05) is 0 Å². The molecular weight excluding hydrogens is 670 g/mol. The summed E-state index contributed by atoms with van der Waals surface area (Å²) in [6.07, 6.45) is 1.14. The van der Waals surface area contributed by atoms with E-state index in [0.29, 0.717) is 10.2 Å². The lowest BCUT2D eigenvalue weighted by atomic mass is 9.78. The number of phenols is 1. The van der Waals surface area contributed by atoms with Gasteiger partial charge in [-0.05, 0) is 57.9 Å². The van der Waals surface area contributed by atoms with Crippen LogP contribution in [0, 0.1) is 10.4 Å². The molecule has 2 heterocycles. The highest BCUT2D eigenvalue weighted by atomic mass is 79.9. The molecule has 1 aromatic carbocycles. The van der Waals surface area contributed by atoms with Crippen LogP contribution in [-0.4, -0.2) is 39.5 Å². The minimum Gasteiger partial charge on any atom is -0.510 e. The zero-order chi connectivity index (χ0) is 32.8. The van der Waals surface area contributed by atoms with E-state index >= 15 is 0 Å². The average Bonchev–Trinajstić information content (AvgIpc) is 3.68. The smallest absolute Gasteiger partial charge is 0.307 e. The van der Waals surface area contributed by atoms with Crippen molar-refractivity contribution in [2.45, 2.75) is 18.3 Å². The number of aromatic nitrogens is 1. The number of hydrogen-bond donors (Lipinski definition) is 5. The van der Waals surface area contributed by atoms with Gasteiger partial charge in [0.25, 0.3) is 5.56 Å². The van der Waals surface area contributed by atoms with Gasteiger partial charge in [0.15, 0.2) is 21.6 Å². The lowest BCUT2D eigenvalue weighted by Gasteiger charge is -2.27. The van der Waals surface area contributed by atoms with Gasteiger partial charge in [-0.15, -0.1) is 0 Å². The molecule has 3 aromatic rings. The molecule has 0 radical (unpaired) electrons. The van der Waals surface area contributed by atoms with Gasteiger partial charge in [-0.25, -0.2) is 5.43 Å². The monoisotopic (exact) mass is 687 g/mol. The normalized spacial score (nSPS) is 17.0. The molecule has 1 amide bonds. The van der Waals surface area contributed by atoms with E-state index in [9.17, 15) is 44.1 Å². The maximum atomic E-state index is 13.6. The van der Waals surface area contributed by atoms with E-state index in [2.05, 4.69) is 31.4 Å². The number of rotatable bonds is 4. The predicted molar refractivity (Wildman–Crippen MR) is 165 cm³/mol. The van der Waals surface area contributed by atoms with Crippen LogP contribution in [-0.2, 0) is 11.8 Å². The summed E-state index contributed by atoms with van der Waals surface area (Å²) in [6.45, 7) is 0. The van der Waals surface area contributed by atoms with Gasteiger partial charge in [0.05, 0.1) is 45.3 Å². The highest BCUT2D eigenvalue weighted by Crippen LogP contribution is 2.54. The molecule has 7 rings (SSSR count). The molecule has 0 saturated carbocycles. The van der Waals surface area contributed by atoms with Crippen LogP contribution in [0.2, 0.25) is 0 Å². The molecule has 0 fully saturated rings. The number of aryl methyl sites for hydroxylation is 1. The third-order valence-electron chi connectivity index (χ3n) is 8.44. The zero-order valence-electron chi connectivity index (χ0n) is 23.3. The van der Waals surface area contributed by atoms with Crippen LogP contribution in [0.5, 0.6) is 11.5 Å². The summed E-state index contributed by atoms with van der Waals surface area (Å²) < 4.78 is 10.4. The summed E-state index contributed by atoms with van der Waals surface area (Å²) >= 11 is 3.09. The Labute approximate surface area is 261 Å². The average molecular weight is 688 g/mol. The number of fused-ring (bicyclic) bond motifs is 4. The van der Waals surface area contributed by atoms with Crippen LogP contribution >= 0.6 is 15.9 Å². The molecule has 230 valence electrons. The number of hydrazone groups is 1. The molecule has 0 unspecified atom stereocenters. The van der Waals surface area contributed by atoms with Crippen molar-refractivity contribution in [2.75, 3.05) is 7.11 Å². The van der Waals surface area contributed by atoms with Crippen molar-refractivity contribution in [3.8, 4) is 11.5 Å². The molecule has 5 N–H and O–H groups in total. The Morgan fingerprint density at radius 2 is 1.70 bits per heavy atom. The predicted octanol–water partition coefficient (Wildman–Crippen LogP) is -0.367. The van der Waals surface area contributed by atoms with Crippen LogP contribution in [0.1, 0.15) is 33.8 Å². The van der Waals surface area contributed by atoms with E-state index in [0.717, 1.165) is 19.4 Å². The number of amides is 1. The Kier molecular flexibility index (Phi) is 6.18. The fourth-order valence-electron chi connectivity index (χ4n) is 6.49. The number of benzene rings is 1. The number of nitrogens with one attached hydrogen (secondary N) is 2. The number of carbonyl (C=O) groups excluding carboxylic acids is 1. The fraction of sp³-hybridized carbons (Fsp3) is 0.129. The second kappa shape index (κ2) is 9.84. The maximum absolute atomic E-state index is 13.6. The summed E-state index contributed by atoms with van der Waals surface area (Å²) in [5, 5.41) is 35.6. The molecule has 2 aromatic heterocycles. The van der Waals surface area contributed by atoms with E-state index in [-0.39, 0.29) is 40.6 Å². The third kappa shape index (κ3) is 3.71. The SMILES string of the molecule is COc1cc(=O)c2c(=O)c3c(c(=O)c=2c1=O)=C(O)[C@]1(CCc2cc4cc(/C=N/NC(=O)c5ccc(Br)o5)[nH]c(=O)c4c(O)c21)C=3O. The number of aliphatic hydroxyl groups is 2. The number of H-pyrrole nitrogens is 1. The van der Waals surface area contributed by atoms with Gasteiger partial charge in [-0.3, -0.25) is 28.8 Å². The first-order chi connectivity index (χ1) is 21.9. The van der Waals surface area contributed by atoms with E-state index in [4.69, 9.17) is 9.15 Å². The van der Waals surface area contributed by atoms with Gasteiger partial charge in [-0.2, -0.15) is 5.10 Å². The summed E-state index contributed by atoms with van der Waals surface area (Å²) in [4.78, 5) is 80.8. The third-order valence-corrected chi connectivity index (χ3v) is 8.87. The van der Waals surface area contributed by atoms with Crippen molar-refractivity contribution in [3.05, 3.63) is 130 Å². The summed E-state index contributed by atoms with van der Waals surface area (Å²) in [7, 11) is 1.11. The van der Waals surface area contributed by atoms with Crippen molar-refractivity contribution < 1.29 is 29.3 Å². The largest absolute Gasteiger partial charge is 0.510 e. The lowest BCUT2D eigenvalue weighted by Crippen LogP contribution is -2.51. The number of furan rings is 1. The van der Waals surface area contributed by atoms with E-state index in [1.165, 1.54) is 24.3 Å². The molecule has 0 saturated heterocycles. The minimum atomic E-state index is -2.01. The molecule has 4 aliphatic carbocycles. The van der Waals surface area contributed by atoms with Gasteiger partial charge >= 0.3 is 5.91 Å². The van der Waals surface area contributed by atoms with Gasteiger partial charge in [0.1, 0.15) is 22.7 Å². The number of carbonyl (C=O) groups is 1. The highest BCUT2D eigenvalue weighted by Gasteiger charge is 2.53. The number of aromatic hydroxyl groups is 1. The Morgan fingerprint density at radius 1 is 1.00 bits per heavy atom. The number of halogens is 1. The Bertz CT molecular complexity index is 2740. The second-order valence-electron chi connectivity index (χ2n) is 10.7. The molecular formula is C31H18BrN3O11. The first kappa shape index (κ1) is 28.9. The molecule has 4 aliphatic rings. The molecule has 1 atom stereocenters. The van der Waals surface area contributed by atoms with Gasteiger partial charge in [0.2, 0.25) is 16.3 Å². The molecule has 46 heavy (non-hydrogen) atoms. The highest BCUT2D eigenvalue weighted by molar-refractivity contribution is 9.10. The van der Waals surface area contributed by atoms with Crippen molar-refractivity contribution >= 4 is 50.3 Å². The minimum absolute atomic E-state index is 0.0115. The van der Waals surface area contributed by atoms with Crippen LogP contribution in [0.25, 0.3) is 22.3 Å². The number of ether oxygens (including phenoxy) is 1. The fourth-order valence-corrected chi connectivity index (χ4v) is 6.80. The standard InChI is InChI=1S/C31H18BrN3O11/c1-45-15-8-13(36)18-19(23(15)37)25(39)21-20(24(18)38)27(41)31(28(21)42)5-4-10-6-11-7-12(34-30(44)17(11)26(40)22(10)31)9-33-35-29(43)14-2-3-16(32)46-14/h2-3,6-9,40-42H,4-5H2,1H3,(H,34,44)(H,35,43)/b33-9+/t31-/m0/s1. The number of aromatic amines is 1. The number of nitrogens with zero attached hydrogens (tertiary/aromatic N) is 1. The summed E-state index contributed by atoms with van der Waals surface area (Å²) in [5.74, 6) is -3.35. The van der Waals surface area contributed by atoms with Crippen LogP contribution in [0.4, 0.5) is 0 Å². The second-order valence-corrected chi connectivity index (χ2v) is 11.5. The van der Waals surface area contributed by atoms with Gasteiger partial charge in [0, 0.05) is 11.6 Å². The van der Waals surface area contributed by atoms with Crippen molar-refractivity contribution in [2.24, 2.45) is 5.10 Å². The Morgan fingerprint density at radius 3 is 2.35 bits per heavy atom. The van der Waals surface area contributed by atoms with Gasteiger partial charge < -0.3 is 29.5 Å². The van der Waals surface area contributed by atoms with Crippen molar-refractivity contribution in [1.29, 1.82) is 0 Å². The van der Waals surface area contributed by atoms with Gasteiger partial charge in [-0.1, -0.05) is 6.07 Å². The van der Waals surface area contributed by atoms with Crippen LogP contribution in [0.15, 0.2) is 68.5 Å². The summed E-state index contributed by atoms with van der Waals surface area (Å²) in [5.41, 5.74) is -4.45. The number of aliphatic hydroxyl groups excluding tert-OH is 2. The number of hydrogen-bond acceptors (Lipinski definition) is 12. The molecule has 15 heteroatoms. The Balaban J connectivity index is 1.41. The van der Waals surface area contributed by atoms with E-state index in [1.54, 1.807) is 0 Å². The Hall–Kier alpha value is -5.83. The molecule has 0 aliphatic heterocycles. The topological polar surface area (TPSA) is 226 Å². The van der Waals surface area contributed by atoms with Crippen LogP contribution in [0.3, 0.4) is 0 Å². The molecule has 1 spiro atoms. The first-order valence-corrected chi connectivity index (χ1v) is 14.3. The zero-order valence-corrected chi connectivity index (χ0v) is 24.9. The first-order valence-electron chi connectivity index (χ1n) is 13.5. The van der Waals surface area contributed by atoms with Crippen molar-refractivity contribution in [1.82, 2.24) is 10.4 Å². The van der Waals surface area contributed by atoms with E-state index < -0.39 is 82.5 Å². The molecule has 0 bridgehead atoms. The number of phenolic OH excluding ortho intramolecular Hbond substituents is 1. The maximum Gasteiger partial charge on any atom is 0.307 e. The van der Waals surface area contributed by atoms with Crippen LogP contribution < -0.4 is 47.9 Å². The quantitative estimate of drug-likeness (QED) is 0.121.